The molecule has 1 amide bonds. The molecule has 1 saturated heterocycles. The molecule has 1 fully saturated rings. The van der Waals surface area contributed by atoms with Gasteiger partial charge in [-0.1, -0.05) is 45.8 Å². The Kier molecular flexibility index (Phi) is 4.63. The van der Waals surface area contributed by atoms with Gasteiger partial charge in [0.2, 0.25) is 0 Å². The summed E-state index contributed by atoms with van der Waals surface area (Å²) in [6.07, 6.45) is 3.14. The lowest BCUT2D eigenvalue weighted by molar-refractivity contribution is 0.0736. The fraction of sp³-hybridized carbons (Fsp3) is 0.316. The van der Waals surface area contributed by atoms with Gasteiger partial charge >= 0.3 is 0 Å². The van der Waals surface area contributed by atoms with Crippen LogP contribution in [0.4, 0.5) is 0 Å². The van der Waals surface area contributed by atoms with Gasteiger partial charge in [0.25, 0.3) is 5.91 Å². The lowest BCUT2D eigenvalue weighted by Gasteiger charge is -2.25. The van der Waals surface area contributed by atoms with Gasteiger partial charge in [0.1, 0.15) is 0 Å². The van der Waals surface area contributed by atoms with Crippen LogP contribution in [0.2, 0.25) is 0 Å². The molecular weight excluding hydrogens is 338 g/mol. The first kappa shape index (κ1) is 15.3. The number of hydrogen-bond acceptors (Lipinski definition) is 1. The van der Waals surface area contributed by atoms with Crippen molar-refractivity contribution in [2.75, 3.05) is 6.54 Å². The van der Waals surface area contributed by atoms with Crippen LogP contribution in [-0.4, -0.2) is 23.4 Å². The van der Waals surface area contributed by atoms with Gasteiger partial charge < -0.3 is 4.90 Å². The molecule has 0 bridgehead atoms. The first-order chi connectivity index (χ1) is 10.6. The highest BCUT2D eigenvalue weighted by atomic mass is 79.9. The second-order valence-electron chi connectivity index (χ2n) is 5.99. The molecule has 22 heavy (non-hydrogen) atoms. The van der Waals surface area contributed by atoms with Crippen LogP contribution in [0, 0.1) is 6.92 Å². The largest absolute Gasteiger partial charge is 0.335 e. The van der Waals surface area contributed by atoms with E-state index in [-0.39, 0.29) is 5.91 Å². The fourth-order valence-electron chi connectivity index (χ4n) is 3.07. The minimum atomic E-state index is 0.155. The van der Waals surface area contributed by atoms with Crippen LogP contribution in [0.1, 0.15) is 34.3 Å². The van der Waals surface area contributed by atoms with Gasteiger partial charge in [-0.15, -0.1) is 0 Å². The number of likely N-dealkylation sites (tertiary alicyclic amines) is 1. The van der Waals surface area contributed by atoms with Gasteiger partial charge in [-0.25, -0.2) is 0 Å². The van der Waals surface area contributed by atoms with Crippen molar-refractivity contribution in [1.29, 1.82) is 0 Å². The highest BCUT2D eigenvalue weighted by molar-refractivity contribution is 9.10. The monoisotopic (exact) mass is 357 g/mol. The Morgan fingerprint density at radius 3 is 2.50 bits per heavy atom. The molecule has 0 spiro atoms. The SMILES string of the molecule is Cc1ccc(CC2CCCN2C(=O)c2ccc(Br)cc2)cc1. The third kappa shape index (κ3) is 3.41. The molecule has 1 atom stereocenters. The Hall–Kier alpha value is -1.61. The zero-order valence-electron chi connectivity index (χ0n) is 12.8. The molecular formula is C19H20BrNO. The summed E-state index contributed by atoms with van der Waals surface area (Å²) in [5, 5.41) is 0. The maximum Gasteiger partial charge on any atom is 0.254 e. The molecule has 3 rings (SSSR count). The van der Waals surface area contributed by atoms with Crippen molar-refractivity contribution in [2.24, 2.45) is 0 Å². The Balaban J connectivity index is 1.73. The third-order valence-electron chi connectivity index (χ3n) is 4.32. The molecule has 2 aromatic rings. The van der Waals surface area contributed by atoms with Crippen LogP contribution in [-0.2, 0) is 6.42 Å². The number of halogens is 1. The van der Waals surface area contributed by atoms with Gasteiger partial charge in [0, 0.05) is 22.6 Å². The lowest BCUT2D eigenvalue weighted by atomic mass is 10.0. The lowest BCUT2D eigenvalue weighted by Crippen LogP contribution is -2.36. The van der Waals surface area contributed by atoms with Gasteiger partial charge in [-0.05, 0) is 56.0 Å². The Bertz CT molecular complexity index is 648. The molecule has 0 radical (unpaired) electrons. The maximum absolute atomic E-state index is 12.7. The average molecular weight is 358 g/mol. The number of rotatable bonds is 3. The smallest absolute Gasteiger partial charge is 0.254 e. The van der Waals surface area contributed by atoms with Gasteiger partial charge in [0.05, 0.1) is 0 Å². The van der Waals surface area contributed by atoms with Crippen LogP contribution in [0.3, 0.4) is 0 Å². The summed E-state index contributed by atoms with van der Waals surface area (Å²) in [4.78, 5) is 14.8. The van der Waals surface area contributed by atoms with E-state index >= 15 is 0 Å². The molecule has 0 saturated carbocycles. The van der Waals surface area contributed by atoms with E-state index in [0.29, 0.717) is 6.04 Å². The molecule has 0 aromatic heterocycles. The van der Waals surface area contributed by atoms with Crippen LogP contribution < -0.4 is 0 Å². The van der Waals surface area contributed by atoms with Crippen LogP contribution >= 0.6 is 15.9 Å². The highest BCUT2D eigenvalue weighted by Gasteiger charge is 2.29. The number of hydrogen-bond donors (Lipinski definition) is 0. The van der Waals surface area contributed by atoms with Crippen molar-refractivity contribution in [3.05, 3.63) is 69.7 Å². The van der Waals surface area contributed by atoms with E-state index in [9.17, 15) is 4.79 Å². The topological polar surface area (TPSA) is 20.3 Å². The van der Waals surface area contributed by atoms with E-state index in [1.54, 1.807) is 0 Å². The predicted molar refractivity (Wildman–Crippen MR) is 93.1 cm³/mol. The number of amides is 1. The summed E-state index contributed by atoms with van der Waals surface area (Å²) in [5.74, 6) is 0.155. The second kappa shape index (κ2) is 6.66. The first-order valence-electron chi connectivity index (χ1n) is 7.75. The molecule has 1 aliphatic rings. The van der Waals surface area contributed by atoms with Crippen molar-refractivity contribution >= 4 is 21.8 Å². The van der Waals surface area contributed by atoms with Gasteiger partial charge in [-0.2, -0.15) is 0 Å². The van der Waals surface area contributed by atoms with E-state index in [4.69, 9.17) is 0 Å². The summed E-state index contributed by atoms with van der Waals surface area (Å²) in [6.45, 7) is 2.97. The zero-order chi connectivity index (χ0) is 15.5. The maximum atomic E-state index is 12.7. The first-order valence-corrected chi connectivity index (χ1v) is 8.55. The van der Waals surface area contributed by atoms with E-state index in [0.717, 1.165) is 35.8 Å². The normalized spacial score (nSPS) is 17.7. The number of benzene rings is 2. The van der Waals surface area contributed by atoms with Crippen molar-refractivity contribution in [3.63, 3.8) is 0 Å². The fourth-order valence-corrected chi connectivity index (χ4v) is 3.33. The second-order valence-corrected chi connectivity index (χ2v) is 6.91. The van der Waals surface area contributed by atoms with Crippen molar-refractivity contribution in [3.8, 4) is 0 Å². The third-order valence-corrected chi connectivity index (χ3v) is 4.85. The molecule has 0 aliphatic carbocycles. The zero-order valence-corrected chi connectivity index (χ0v) is 14.3. The van der Waals surface area contributed by atoms with Crippen LogP contribution in [0.25, 0.3) is 0 Å². The Labute approximate surface area is 140 Å². The molecule has 0 N–H and O–H groups in total. The molecule has 1 heterocycles. The minimum Gasteiger partial charge on any atom is -0.335 e. The average Bonchev–Trinajstić information content (AvgIpc) is 2.98. The number of aryl methyl sites for hydroxylation is 1. The number of nitrogens with zero attached hydrogens (tertiary/aromatic N) is 1. The summed E-state index contributed by atoms with van der Waals surface area (Å²) in [5.41, 5.74) is 3.36. The Morgan fingerprint density at radius 2 is 1.82 bits per heavy atom. The van der Waals surface area contributed by atoms with Gasteiger partial charge in [0.15, 0.2) is 0 Å². The van der Waals surface area contributed by atoms with Gasteiger partial charge in [-0.3, -0.25) is 4.79 Å². The van der Waals surface area contributed by atoms with E-state index in [1.807, 2.05) is 29.2 Å². The predicted octanol–water partition coefficient (Wildman–Crippen LogP) is 4.60. The van der Waals surface area contributed by atoms with Crippen LogP contribution in [0.5, 0.6) is 0 Å². The van der Waals surface area contributed by atoms with E-state index in [2.05, 4.69) is 47.1 Å². The van der Waals surface area contributed by atoms with E-state index < -0.39 is 0 Å². The summed E-state index contributed by atoms with van der Waals surface area (Å²) >= 11 is 3.42. The highest BCUT2D eigenvalue weighted by Crippen LogP contribution is 2.24. The number of carbonyl (C=O) groups excluding carboxylic acids is 1. The summed E-state index contributed by atoms with van der Waals surface area (Å²) in [7, 11) is 0. The van der Waals surface area contributed by atoms with Crippen LogP contribution in [0.15, 0.2) is 53.0 Å². The molecule has 1 unspecified atom stereocenters. The molecule has 3 heteroatoms. The molecule has 2 nitrogen and oxygen atoms in total. The summed E-state index contributed by atoms with van der Waals surface area (Å²) < 4.78 is 1.00. The van der Waals surface area contributed by atoms with E-state index in [1.165, 1.54) is 11.1 Å². The van der Waals surface area contributed by atoms with Crippen molar-refractivity contribution < 1.29 is 4.79 Å². The standard InChI is InChI=1S/C19H20BrNO/c1-14-4-6-15(7-5-14)13-18-3-2-12-21(18)19(22)16-8-10-17(20)11-9-16/h4-11,18H,2-3,12-13H2,1H3. The quantitative estimate of drug-likeness (QED) is 0.785. The number of carbonyl (C=O) groups is 1. The van der Waals surface area contributed by atoms with Crippen molar-refractivity contribution in [1.82, 2.24) is 4.90 Å². The minimum absolute atomic E-state index is 0.155. The molecule has 2 aromatic carbocycles. The Morgan fingerprint density at radius 1 is 1.14 bits per heavy atom. The summed E-state index contributed by atoms with van der Waals surface area (Å²) in [6, 6.07) is 16.6. The molecule has 114 valence electrons. The molecule has 1 aliphatic heterocycles. The van der Waals surface area contributed by atoms with Crippen molar-refractivity contribution in [2.45, 2.75) is 32.2 Å².